The molecular weight excluding hydrogens is 212 g/mol. The molecule has 2 atom stereocenters. The van der Waals surface area contributed by atoms with Crippen molar-refractivity contribution in [3.8, 4) is 0 Å². The Morgan fingerprint density at radius 2 is 2.06 bits per heavy atom. The molecule has 17 heavy (non-hydrogen) atoms. The van der Waals surface area contributed by atoms with E-state index in [1.54, 1.807) is 0 Å². The van der Waals surface area contributed by atoms with Crippen molar-refractivity contribution in [1.29, 1.82) is 0 Å². The number of nitrogens with one attached hydrogen (secondary N) is 1. The summed E-state index contributed by atoms with van der Waals surface area (Å²) in [6.45, 7) is 8.00. The Morgan fingerprint density at radius 3 is 2.65 bits per heavy atom. The highest BCUT2D eigenvalue weighted by Gasteiger charge is 2.15. The average molecular weight is 234 g/mol. The van der Waals surface area contributed by atoms with Crippen LogP contribution in [-0.2, 0) is 4.79 Å². The summed E-state index contributed by atoms with van der Waals surface area (Å²) in [4.78, 5) is 11.7. The molecule has 0 fully saturated rings. The minimum absolute atomic E-state index is 0.000000000000000444. The molecule has 0 saturated carbocycles. The molecule has 1 aromatic rings. The Hall–Kier alpha value is -1.35. The van der Waals surface area contributed by atoms with Crippen molar-refractivity contribution in [2.75, 3.05) is 0 Å². The van der Waals surface area contributed by atoms with Gasteiger partial charge in [0.2, 0.25) is 5.91 Å². The molecule has 3 heteroatoms. The van der Waals surface area contributed by atoms with Crippen molar-refractivity contribution in [3.05, 3.63) is 34.9 Å². The third-order valence-electron chi connectivity index (χ3n) is 3.04. The lowest BCUT2D eigenvalue weighted by molar-refractivity contribution is -0.123. The third kappa shape index (κ3) is 3.56. The molecule has 0 aliphatic heterocycles. The highest BCUT2D eigenvalue weighted by molar-refractivity contribution is 5.81. The lowest BCUT2D eigenvalue weighted by atomic mass is 9.99. The van der Waals surface area contributed by atoms with Crippen LogP contribution in [0.2, 0.25) is 0 Å². The molecule has 0 aliphatic rings. The first-order valence-electron chi connectivity index (χ1n) is 6.08. The smallest absolute Gasteiger partial charge is 0.237 e. The Labute approximate surface area is 103 Å². The Kier molecular flexibility index (Phi) is 4.70. The van der Waals surface area contributed by atoms with Gasteiger partial charge in [0.25, 0.3) is 0 Å². The fourth-order valence-corrected chi connectivity index (χ4v) is 1.81. The summed E-state index contributed by atoms with van der Waals surface area (Å²) in [6.07, 6.45) is 0.658. The van der Waals surface area contributed by atoms with Gasteiger partial charge in [0.15, 0.2) is 0 Å². The van der Waals surface area contributed by atoms with Crippen molar-refractivity contribution < 1.29 is 4.79 Å². The molecule has 0 aliphatic carbocycles. The van der Waals surface area contributed by atoms with Gasteiger partial charge in [-0.15, -0.1) is 0 Å². The molecule has 3 nitrogen and oxygen atoms in total. The Balaban J connectivity index is 2.79. The molecule has 1 unspecified atom stereocenters. The quantitative estimate of drug-likeness (QED) is 0.839. The molecular formula is C14H22N2O. The molecule has 1 amide bonds. The van der Waals surface area contributed by atoms with Crippen LogP contribution in [0.4, 0.5) is 0 Å². The largest absolute Gasteiger partial charge is 0.348 e. The maximum atomic E-state index is 11.7. The number of benzene rings is 1. The summed E-state index contributed by atoms with van der Waals surface area (Å²) in [5.41, 5.74) is 9.24. The molecule has 1 rings (SSSR count). The van der Waals surface area contributed by atoms with Gasteiger partial charge in [0.1, 0.15) is 0 Å². The predicted octanol–water partition coefficient (Wildman–Crippen LogP) is 2.22. The number of hydrogen-bond donors (Lipinski definition) is 2. The summed E-state index contributed by atoms with van der Waals surface area (Å²) in [5.74, 6) is -0.0825. The normalized spacial score (nSPS) is 14.2. The molecule has 0 saturated heterocycles. The second-order valence-electron chi connectivity index (χ2n) is 4.61. The SMILES string of the molecule is CC[C@@H](N)C(=O)NC(C)c1cc(C)ccc1C. The molecule has 0 aromatic heterocycles. The Bertz CT molecular complexity index is 401. The van der Waals surface area contributed by atoms with E-state index in [-0.39, 0.29) is 11.9 Å². The maximum Gasteiger partial charge on any atom is 0.237 e. The van der Waals surface area contributed by atoms with Gasteiger partial charge in [0, 0.05) is 0 Å². The van der Waals surface area contributed by atoms with E-state index in [2.05, 4.69) is 37.4 Å². The second-order valence-corrected chi connectivity index (χ2v) is 4.61. The number of rotatable bonds is 4. The zero-order valence-electron chi connectivity index (χ0n) is 11.1. The third-order valence-corrected chi connectivity index (χ3v) is 3.04. The zero-order chi connectivity index (χ0) is 13.0. The number of carbonyl (C=O) groups excluding carboxylic acids is 1. The molecule has 0 radical (unpaired) electrons. The number of aryl methyl sites for hydroxylation is 2. The highest BCUT2D eigenvalue weighted by Crippen LogP contribution is 2.18. The van der Waals surface area contributed by atoms with E-state index in [0.717, 1.165) is 5.56 Å². The number of amides is 1. The van der Waals surface area contributed by atoms with Crippen LogP contribution in [0.15, 0.2) is 18.2 Å². The first-order valence-corrected chi connectivity index (χ1v) is 6.08. The minimum Gasteiger partial charge on any atom is -0.348 e. The summed E-state index contributed by atoms with van der Waals surface area (Å²) < 4.78 is 0. The summed E-state index contributed by atoms with van der Waals surface area (Å²) in [6, 6.07) is 5.85. The predicted molar refractivity (Wildman–Crippen MR) is 70.7 cm³/mol. The fourth-order valence-electron chi connectivity index (χ4n) is 1.81. The highest BCUT2D eigenvalue weighted by atomic mass is 16.2. The number of carbonyl (C=O) groups is 1. The van der Waals surface area contributed by atoms with Crippen molar-refractivity contribution in [1.82, 2.24) is 5.32 Å². The van der Waals surface area contributed by atoms with E-state index >= 15 is 0 Å². The molecule has 1 aromatic carbocycles. The first-order chi connectivity index (χ1) is 7.95. The van der Waals surface area contributed by atoms with Crippen molar-refractivity contribution in [2.24, 2.45) is 5.73 Å². The topological polar surface area (TPSA) is 55.1 Å². The van der Waals surface area contributed by atoms with Crippen LogP contribution >= 0.6 is 0 Å². The summed E-state index contributed by atoms with van der Waals surface area (Å²) >= 11 is 0. The van der Waals surface area contributed by atoms with Crippen LogP contribution < -0.4 is 11.1 Å². The lowest BCUT2D eigenvalue weighted by Crippen LogP contribution is -2.41. The van der Waals surface area contributed by atoms with E-state index in [1.165, 1.54) is 11.1 Å². The van der Waals surface area contributed by atoms with E-state index in [4.69, 9.17) is 5.73 Å². The second kappa shape index (κ2) is 5.82. The van der Waals surface area contributed by atoms with E-state index in [1.807, 2.05) is 13.8 Å². The van der Waals surface area contributed by atoms with Crippen LogP contribution in [0.25, 0.3) is 0 Å². The van der Waals surface area contributed by atoms with Crippen LogP contribution in [-0.4, -0.2) is 11.9 Å². The van der Waals surface area contributed by atoms with Gasteiger partial charge in [-0.2, -0.15) is 0 Å². The molecule has 0 bridgehead atoms. The van der Waals surface area contributed by atoms with Gasteiger partial charge in [0.05, 0.1) is 12.1 Å². The van der Waals surface area contributed by atoms with Crippen LogP contribution in [0.1, 0.15) is 43.0 Å². The first kappa shape index (κ1) is 13.7. The van der Waals surface area contributed by atoms with E-state index in [9.17, 15) is 4.79 Å². The van der Waals surface area contributed by atoms with Crippen molar-refractivity contribution in [3.63, 3.8) is 0 Å². The molecule has 94 valence electrons. The van der Waals surface area contributed by atoms with Gasteiger partial charge in [-0.3, -0.25) is 4.79 Å². The van der Waals surface area contributed by atoms with E-state index < -0.39 is 6.04 Å². The summed E-state index contributed by atoms with van der Waals surface area (Å²) in [5, 5.41) is 2.95. The van der Waals surface area contributed by atoms with Crippen LogP contribution in [0.3, 0.4) is 0 Å². The standard InChI is InChI=1S/C14H22N2O/c1-5-13(15)14(17)16-11(4)12-8-9(2)6-7-10(12)3/h6-8,11,13H,5,15H2,1-4H3,(H,16,17)/t11?,13-/m1/s1. The van der Waals surface area contributed by atoms with Crippen molar-refractivity contribution in [2.45, 2.75) is 46.2 Å². The van der Waals surface area contributed by atoms with Gasteiger partial charge >= 0.3 is 0 Å². The van der Waals surface area contributed by atoms with Crippen molar-refractivity contribution >= 4 is 5.91 Å². The lowest BCUT2D eigenvalue weighted by Gasteiger charge is -2.19. The molecule has 0 spiro atoms. The molecule has 0 heterocycles. The van der Waals surface area contributed by atoms with Gasteiger partial charge in [-0.25, -0.2) is 0 Å². The number of nitrogens with two attached hydrogens (primary N) is 1. The minimum atomic E-state index is -0.414. The molecule has 3 N–H and O–H groups in total. The maximum absolute atomic E-state index is 11.7. The number of hydrogen-bond acceptors (Lipinski definition) is 2. The van der Waals surface area contributed by atoms with Gasteiger partial charge in [-0.05, 0) is 38.3 Å². The average Bonchev–Trinajstić information content (AvgIpc) is 2.30. The van der Waals surface area contributed by atoms with Crippen LogP contribution in [0, 0.1) is 13.8 Å². The monoisotopic (exact) mass is 234 g/mol. The summed E-state index contributed by atoms with van der Waals surface area (Å²) in [7, 11) is 0. The van der Waals surface area contributed by atoms with Gasteiger partial charge < -0.3 is 11.1 Å². The van der Waals surface area contributed by atoms with Crippen LogP contribution in [0.5, 0.6) is 0 Å². The zero-order valence-corrected chi connectivity index (χ0v) is 11.1. The fraction of sp³-hybridized carbons (Fsp3) is 0.500. The van der Waals surface area contributed by atoms with E-state index in [0.29, 0.717) is 6.42 Å². The van der Waals surface area contributed by atoms with Gasteiger partial charge in [-0.1, -0.05) is 30.7 Å². The Morgan fingerprint density at radius 1 is 1.41 bits per heavy atom.